The van der Waals surface area contributed by atoms with E-state index in [1.54, 1.807) is 0 Å². The number of nitrogens with zero attached hydrogens (tertiary/aromatic N) is 3. The number of rotatable bonds is 3. The molecule has 1 atom stereocenters. The molecule has 0 fully saturated rings. The number of hydrogen-bond donors (Lipinski definition) is 1. The second-order valence-electron chi connectivity index (χ2n) is 5.44. The number of alkyl halides is 3. The third-order valence-electron chi connectivity index (χ3n) is 3.77. The van der Waals surface area contributed by atoms with E-state index < -0.39 is 29.2 Å². The van der Waals surface area contributed by atoms with Crippen molar-refractivity contribution in [3.63, 3.8) is 0 Å². The molecule has 11 heteroatoms. The molecule has 0 saturated heterocycles. The predicted molar refractivity (Wildman–Crippen MR) is 85.7 cm³/mol. The molecule has 1 aliphatic heterocycles. The minimum absolute atomic E-state index is 0.0126. The molecule has 0 radical (unpaired) electrons. The van der Waals surface area contributed by atoms with Crippen LogP contribution in [0.5, 0.6) is 0 Å². The number of thiophene rings is 1. The molecule has 1 aromatic carbocycles. The van der Waals surface area contributed by atoms with Crippen LogP contribution in [-0.4, -0.2) is 38.6 Å². The van der Waals surface area contributed by atoms with Gasteiger partial charge in [0.1, 0.15) is 0 Å². The van der Waals surface area contributed by atoms with Gasteiger partial charge in [0.05, 0.1) is 21.9 Å². The molecule has 136 valence electrons. The number of nitro benzene ring substituents is 1. The van der Waals surface area contributed by atoms with Gasteiger partial charge >= 0.3 is 6.18 Å². The van der Waals surface area contributed by atoms with Crippen LogP contribution in [0.25, 0.3) is 0 Å². The fourth-order valence-electron chi connectivity index (χ4n) is 2.42. The number of carbonyl (C=O) groups is 1. The van der Waals surface area contributed by atoms with Gasteiger partial charge in [0.15, 0.2) is 0 Å². The van der Waals surface area contributed by atoms with Crippen molar-refractivity contribution in [3.05, 3.63) is 62.3 Å². The minimum Gasteiger partial charge on any atom is -0.362 e. The van der Waals surface area contributed by atoms with Crippen LogP contribution < -0.4 is 0 Å². The molecule has 1 aromatic heterocycles. The Balaban J connectivity index is 2.01. The van der Waals surface area contributed by atoms with E-state index in [1.807, 2.05) is 0 Å². The highest BCUT2D eigenvalue weighted by Gasteiger charge is 2.63. The minimum atomic E-state index is -5.15. The molecule has 0 saturated carbocycles. The van der Waals surface area contributed by atoms with Gasteiger partial charge in [-0.2, -0.15) is 23.3 Å². The first-order valence-electron chi connectivity index (χ1n) is 7.13. The van der Waals surface area contributed by atoms with Gasteiger partial charge in [-0.3, -0.25) is 14.9 Å². The lowest BCUT2D eigenvalue weighted by Gasteiger charge is -2.32. The maximum Gasteiger partial charge on any atom is 0.438 e. The maximum atomic E-state index is 13.5. The zero-order valence-electron chi connectivity index (χ0n) is 12.8. The maximum absolute atomic E-state index is 13.5. The topological polar surface area (TPSA) is 96.0 Å². The van der Waals surface area contributed by atoms with Crippen molar-refractivity contribution in [2.75, 3.05) is 0 Å². The van der Waals surface area contributed by atoms with E-state index >= 15 is 0 Å². The molecular weight excluding hydrogens is 375 g/mol. The van der Waals surface area contributed by atoms with Crippen molar-refractivity contribution < 1.29 is 28.0 Å². The molecule has 0 aliphatic carbocycles. The number of amides is 1. The van der Waals surface area contributed by atoms with E-state index in [0.29, 0.717) is 0 Å². The second kappa shape index (κ2) is 6.18. The standard InChI is InChI=1S/C15H10F3N3O4S/c16-15(17,18)14(23)8-11(9-3-5-10(6-4-9)21(24)25)19-20(14)13(22)12-2-1-7-26-12/h1-7,23H,8H2. The number of hydrazone groups is 1. The van der Waals surface area contributed by atoms with E-state index in [4.69, 9.17) is 0 Å². The summed E-state index contributed by atoms with van der Waals surface area (Å²) in [5, 5.41) is 26.1. The summed E-state index contributed by atoms with van der Waals surface area (Å²) in [6, 6.07) is 7.45. The lowest BCUT2D eigenvalue weighted by atomic mass is 10.0. The molecule has 7 nitrogen and oxygen atoms in total. The molecule has 3 rings (SSSR count). The van der Waals surface area contributed by atoms with Gasteiger partial charge in [-0.05, 0) is 29.1 Å². The van der Waals surface area contributed by atoms with Crippen molar-refractivity contribution in [2.45, 2.75) is 18.3 Å². The van der Waals surface area contributed by atoms with Crippen LogP contribution in [0.4, 0.5) is 18.9 Å². The lowest BCUT2D eigenvalue weighted by Crippen LogP contribution is -2.56. The van der Waals surface area contributed by atoms with Gasteiger partial charge in [0, 0.05) is 12.1 Å². The van der Waals surface area contributed by atoms with E-state index in [9.17, 15) is 33.2 Å². The van der Waals surface area contributed by atoms with Crippen molar-refractivity contribution in [1.29, 1.82) is 0 Å². The Kier molecular flexibility index (Phi) is 4.28. The van der Waals surface area contributed by atoms with E-state index in [-0.39, 0.29) is 26.8 Å². The van der Waals surface area contributed by atoms with Crippen LogP contribution in [0.15, 0.2) is 46.9 Å². The highest BCUT2D eigenvalue weighted by molar-refractivity contribution is 7.12. The number of aliphatic hydroxyl groups is 1. The summed E-state index contributed by atoms with van der Waals surface area (Å²) in [5.74, 6) is -1.09. The monoisotopic (exact) mass is 385 g/mol. The molecule has 1 unspecified atom stereocenters. The first-order valence-corrected chi connectivity index (χ1v) is 8.01. The van der Waals surface area contributed by atoms with E-state index in [1.165, 1.54) is 29.6 Å². The second-order valence-corrected chi connectivity index (χ2v) is 6.38. The third kappa shape index (κ3) is 2.95. The molecule has 2 heterocycles. The summed E-state index contributed by atoms with van der Waals surface area (Å²) < 4.78 is 40.4. The number of hydrogen-bond acceptors (Lipinski definition) is 6. The van der Waals surface area contributed by atoms with E-state index in [2.05, 4.69) is 5.10 Å². The Morgan fingerprint density at radius 3 is 2.46 bits per heavy atom. The van der Waals surface area contributed by atoms with Crippen molar-refractivity contribution in [2.24, 2.45) is 5.10 Å². The number of carbonyl (C=O) groups excluding carboxylic acids is 1. The van der Waals surface area contributed by atoms with Gasteiger partial charge < -0.3 is 5.11 Å². The van der Waals surface area contributed by atoms with Crippen LogP contribution in [0, 0.1) is 10.1 Å². The Hall–Kier alpha value is -2.79. The van der Waals surface area contributed by atoms with Crippen LogP contribution in [0.1, 0.15) is 21.7 Å². The quantitative estimate of drug-likeness (QED) is 0.648. The molecule has 0 bridgehead atoms. The predicted octanol–water partition coefficient (Wildman–Crippen LogP) is 3.16. The Morgan fingerprint density at radius 1 is 1.31 bits per heavy atom. The summed E-state index contributed by atoms with van der Waals surface area (Å²) in [7, 11) is 0. The first kappa shape index (κ1) is 18.0. The van der Waals surface area contributed by atoms with Crippen molar-refractivity contribution in [1.82, 2.24) is 5.01 Å². The highest BCUT2D eigenvalue weighted by atomic mass is 32.1. The number of nitro groups is 1. The first-order chi connectivity index (χ1) is 12.1. The lowest BCUT2D eigenvalue weighted by molar-refractivity contribution is -0.384. The normalized spacial score (nSPS) is 20.2. The van der Waals surface area contributed by atoms with Crippen molar-refractivity contribution >= 4 is 28.6 Å². The molecule has 1 N–H and O–H groups in total. The summed E-state index contributed by atoms with van der Waals surface area (Å²) in [6.07, 6.45) is -6.13. The van der Waals surface area contributed by atoms with Crippen LogP contribution in [-0.2, 0) is 0 Å². The zero-order chi connectivity index (χ0) is 19.1. The van der Waals surface area contributed by atoms with Crippen LogP contribution >= 0.6 is 11.3 Å². The van der Waals surface area contributed by atoms with Crippen LogP contribution in [0.3, 0.4) is 0 Å². The molecule has 2 aromatic rings. The number of benzene rings is 1. The summed E-state index contributed by atoms with van der Waals surface area (Å²) in [4.78, 5) is 22.4. The average Bonchev–Trinajstić information content (AvgIpc) is 3.22. The van der Waals surface area contributed by atoms with E-state index in [0.717, 1.165) is 23.5 Å². The summed E-state index contributed by atoms with van der Waals surface area (Å²) in [6.45, 7) is 0. The fourth-order valence-corrected chi connectivity index (χ4v) is 3.07. The third-order valence-corrected chi connectivity index (χ3v) is 4.63. The highest BCUT2D eigenvalue weighted by Crippen LogP contribution is 2.42. The van der Waals surface area contributed by atoms with Gasteiger partial charge in [0.2, 0.25) is 0 Å². The van der Waals surface area contributed by atoms with Crippen LogP contribution in [0.2, 0.25) is 0 Å². The van der Waals surface area contributed by atoms with Gasteiger partial charge in [-0.15, -0.1) is 11.3 Å². The summed E-state index contributed by atoms with van der Waals surface area (Å²) >= 11 is 0.918. The average molecular weight is 385 g/mol. The molecule has 1 amide bonds. The molecular formula is C15H10F3N3O4S. The number of non-ortho nitro benzene ring substituents is 1. The smallest absolute Gasteiger partial charge is 0.362 e. The van der Waals surface area contributed by atoms with Crippen molar-refractivity contribution in [3.8, 4) is 0 Å². The fraction of sp³-hybridized carbons (Fsp3) is 0.200. The van der Waals surface area contributed by atoms with Gasteiger partial charge in [-0.25, -0.2) is 0 Å². The van der Waals surface area contributed by atoms with Gasteiger partial charge in [0.25, 0.3) is 17.3 Å². The zero-order valence-corrected chi connectivity index (χ0v) is 13.6. The Labute approximate surface area is 148 Å². The molecule has 1 aliphatic rings. The molecule has 0 spiro atoms. The molecule has 26 heavy (non-hydrogen) atoms. The largest absolute Gasteiger partial charge is 0.438 e. The Bertz CT molecular complexity index is 881. The SMILES string of the molecule is O=C(c1cccs1)N1N=C(c2ccc([N+](=O)[O-])cc2)CC1(O)C(F)(F)F. The summed E-state index contributed by atoms with van der Waals surface area (Å²) in [5.41, 5.74) is -3.81. The Morgan fingerprint density at radius 2 is 1.96 bits per heavy atom. The van der Waals surface area contributed by atoms with Gasteiger partial charge in [-0.1, -0.05) is 6.07 Å². The number of halogens is 3.